The lowest BCUT2D eigenvalue weighted by atomic mass is 10.0. The summed E-state index contributed by atoms with van der Waals surface area (Å²) in [7, 11) is 2.10. The number of hydrogen-bond donors (Lipinski definition) is 0. The van der Waals surface area contributed by atoms with E-state index in [2.05, 4.69) is 55.3 Å². The summed E-state index contributed by atoms with van der Waals surface area (Å²) in [5.41, 5.74) is 2.17. The molecule has 3 rings (SSSR count). The highest BCUT2D eigenvalue weighted by Gasteiger charge is 2.46. The predicted molar refractivity (Wildman–Crippen MR) is 93.8 cm³/mol. The second kappa shape index (κ2) is 6.19. The van der Waals surface area contributed by atoms with Gasteiger partial charge in [0.2, 0.25) is 0 Å². The van der Waals surface area contributed by atoms with Crippen LogP contribution in [0.15, 0.2) is 60.7 Å². The monoisotopic (exact) mass is 311 g/mol. The molecule has 0 amide bonds. The largest absolute Gasteiger partial charge is 0.464 e. The molecule has 22 heavy (non-hydrogen) atoms. The molecule has 0 saturated carbocycles. The smallest absolute Gasteiger partial charge is 0.184 e. The number of hydrogen-bond acceptors (Lipinski definition) is 3. The molecule has 0 radical (unpaired) electrons. The Morgan fingerprint density at radius 3 is 2.27 bits per heavy atom. The van der Waals surface area contributed by atoms with Gasteiger partial charge in [-0.1, -0.05) is 60.7 Å². The maximum Gasteiger partial charge on any atom is 0.184 e. The highest BCUT2D eigenvalue weighted by Crippen LogP contribution is 2.39. The van der Waals surface area contributed by atoms with E-state index in [9.17, 15) is 0 Å². The summed E-state index contributed by atoms with van der Waals surface area (Å²) in [6, 6.07) is 20.9. The molecular formula is C19H21NOS. The van der Waals surface area contributed by atoms with Crippen LogP contribution in [-0.2, 0) is 11.2 Å². The Morgan fingerprint density at radius 2 is 1.64 bits per heavy atom. The summed E-state index contributed by atoms with van der Waals surface area (Å²) in [4.78, 5) is 2.26. The van der Waals surface area contributed by atoms with E-state index in [4.69, 9.17) is 17.0 Å². The van der Waals surface area contributed by atoms with Crippen LogP contribution in [0.3, 0.4) is 0 Å². The van der Waals surface area contributed by atoms with Gasteiger partial charge < -0.3 is 4.74 Å². The third-order valence-corrected chi connectivity index (χ3v) is 4.82. The number of nitrogens with zero attached hydrogens (tertiary/aromatic N) is 1. The molecule has 1 heterocycles. The van der Waals surface area contributed by atoms with Crippen molar-refractivity contribution in [2.75, 3.05) is 7.05 Å². The molecule has 1 aliphatic heterocycles. The Labute approximate surface area is 137 Å². The van der Waals surface area contributed by atoms with Gasteiger partial charge in [0.25, 0.3) is 0 Å². The molecule has 1 saturated heterocycles. The van der Waals surface area contributed by atoms with Gasteiger partial charge in [-0.05, 0) is 43.7 Å². The van der Waals surface area contributed by atoms with E-state index in [1.165, 1.54) is 11.1 Å². The zero-order valence-electron chi connectivity index (χ0n) is 13.0. The molecule has 0 aliphatic carbocycles. The van der Waals surface area contributed by atoms with Crippen LogP contribution < -0.4 is 0 Å². The maximum atomic E-state index is 6.11. The average molecular weight is 311 g/mol. The van der Waals surface area contributed by atoms with Crippen molar-refractivity contribution >= 4 is 17.3 Å². The number of aryl methyl sites for hydroxylation is 1. The molecule has 1 fully saturated rings. The molecule has 2 nitrogen and oxygen atoms in total. The summed E-state index contributed by atoms with van der Waals surface area (Å²) in [6.07, 6.45) is 1.89. The molecule has 2 aromatic rings. The van der Waals surface area contributed by atoms with Gasteiger partial charge in [-0.3, -0.25) is 4.90 Å². The van der Waals surface area contributed by atoms with Crippen LogP contribution in [0.2, 0.25) is 0 Å². The highest BCUT2D eigenvalue weighted by molar-refractivity contribution is 7.80. The zero-order chi connectivity index (χ0) is 15.6. The van der Waals surface area contributed by atoms with E-state index in [0.717, 1.165) is 12.8 Å². The maximum absolute atomic E-state index is 6.11. The number of likely N-dealkylation sites (N-methyl/N-ethyl adjacent to an activating group) is 1. The van der Waals surface area contributed by atoms with E-state index in [1.807, 2.05) is 24.3 Å². The summed E-state index contributed by atoms with van der Waals surface area (Å²) in [5, 5.41) is 0.671. The SMILES string of the molecule is CN1C(c2ccccc2)C(=S)O[C@]1(C)CCc1ccccc1. The van der Waals surface area contributed by atoms with Gasteiger partial charge in [0.05, 0.1) is 0 Å². The fourth-order valence-corrected chi connectivity index (χ4v) is 3.49. The van der Waals surface area contributed by atoms with Crippen molar-refractivity contribution in [3.63, 3.8) is 0 Å². The van der Waals surface area contributed by atoms with Crippen molar-refractivity contribution in [1.82, 2.24) is 4.90 Å². The first-order valence-electron chi connectivity index (χ1n) is 7.65. The van der Waals surface area contributed by atoms with E-state index in [0.29, 0.717) is 5.05 Å². The van der Waals surface area contributed by atoms with Crippen molar-refractivity contribution in [2.45, 2.75) is 31.5 Å². The Balaban J connectivity index is 1.76. The van der Waals surface area contributed by atoms with Crippen LogP contribution in [0.1, 0.15) is 30.5 Å². The van der Waals surface area contributed by atoms with Crippen molar-refractivity contribution in [1.29, 1.82) is 0 Å². The summed E-state index contributed by atoms with van der Waals surface area (Å²) in [6.45, 7) is 2.13. The van der Waals surface area contributed by atoms with Crippen LogP contribution in [0.25, 0.3) is 0 Å². The standard InChI is InChI=1S/C19H21NOS/c1-19(14-13-15-9-5-3-6-10-15)20(2)17(18(22)21-19)16-11-7-4-8-12-16/h3-12,17H,13-14H2,1-2H3/t17?,19-/m1/s1. The van der Waals surface area contributed by atoms with Gasteiger partial charge in [0, 0.05) is 6.42 Å². The second-order valence-electron chi connectivity index (χ2n) is 6.01. The summed E-state index contributed by atoms with van der Waals surface area (Å²) >= 11 is 5.52. The quantitative estimate of drug-likeness (QED) is 0.778. The van der Waals surface area contributed by atoms with Crippen LogP contribution in [0.5, 0.6) is 0 Å². The topological polar surface area (TPSA) is 12.5 Å². The van der Waals surface area contributed by atoms with Gasteiger partial charge >= 0.3 is 0 Å². The molecular weight excluding hydrogens is 290 g/mol. The van der Waals surface area contributed by atoms with Gasteiger partial charge in [0.1, 0.15) is 6.04 Å². The van der Waals surface area contributed by atoms with Crippen molar-refractivity contribution in [3.8, 4) is 0 Å². The fraction of sp³-hybridized carbons (Fsp3) is 0.316. The molecule has 0 bridgehead atoms. The Hall–Kier alpha value is -1.71. The van der Waals surface area contributed by atoms with Crippen molar-refractivity contribution in [2.24, 2.45) is 0 Å². The highest BCUT2D eigenvalue weighted by atomic mass is 32.1. The van der Waals surface area contributed by atoms with Gasteiger partial charge in [-0.25, -0.2) is 0 Å². The van der Waals surface area contributed by atoms with Crippen LogP contribution in [-0.4, -0.2) is 22.7 Å². The van der Waals surface area contributed by atoms with Gasteiger partial charge in [-0.15, -0.1) is 0 Å². The Kier molecular flexibility index (Phi) is 4.27. The fourth-order valence-electron chi connectivity index (χ4n) is 3.02. The predicted octanol–water partition coefficient (Wildman–Crippen LogP) is 4.37. The van der Waals surface area contributed by atoms with Crippen molar-refractivity contribution in [3.05, 3.63) is 71.8 Å². The minimum Gasteiger partial charge on any atom is -0.464 e. The molecule has 114 valence electrons. The summed E-state index contributed by atoms with van der Waals surface area (Å²) < 4.78 is 6.11. The molecule has 3 heteroatoms. The first-order chi connectivity index (χ1) is 10.6. The van der Waals surface area contributed by atoms with E-state index >= 15 is 0 Å². The number of thiocarbonyl (C=S) groups is 1. The Bertz CT molecular complexity index is 643. The summed E-state index contributed by atoms with van der Waals surface area (Å²) in [5.74, 6) is 0. The van der Waals surface area contributed by atoms with Gasteiger partial charge in [0.15, 0.2) is 10.8 Å². The molecule has 1 aliphatic rings. The average Bonchev–Trinajstić information content (AvgIpc) is 2.77. The normalized spacial score (nSPS) is 25.2. The molecule has 0 aromatic heterocycles. The molecule has 2 atom stereocenters. The lowest BCUT2D eigenvalue weighted by Crippen LogP contribution is -2.40. The first-order valence-corrected chi connectivity index (χ1v) is 8.06. The third kappa shape index (κ3) is 2.92. The second-order valence-corrected chi connectivity index (χ2v) is 6.41. The number of ether oxygens (including phenoxy) is 1. The van der Waals surface area contributed by atoms with E-state index < -0.39 is 0 Å². The van der Waals surface area contributed by atoms with Crippen LogP contribution in [0, 0.1) is 0 Å². The number of rotatable bonds is 4. The minimum absolute atomic E-state index is 0.0528. The minimum atomic E-state index is -0.354. The Morgan fingerprint density at radius 1 is 1.05 bits per heavy atom. The van der Waals surface area contributed by atoms with E-state index in [1.54, 1.807) is 0 Å². The molecule has 0 spiro atoms. The van der Waals surface area contributed by atoms with Crippen LogP contribution in [0.4, 0.5) is 0 Å². The van der Waals surface area contributed by atoms with Gasteiger partial charge in [-0.2, -0.15) is 0 Å². The molecule has 1 unspecified atom stereocenters. The number of benzene rings is 2. The molecule has 0 N–H and O–H groups in total. The third-order valence-electron chi connectivity index (χ3n) is 4.51. The lowest BCUT2D eigenvalue weighted by Gasteiger charge is -2.32. The lowest BCUT2D eigenvalue weighted by molar-refractivity contribution is -0.0325. The first kappa shape index (κ1) is 15.2. The van der Waals surface area contributed by atoms with Crippen LogP contribution >= 0.6 is 12.2 Å². The zero-order valence-corrected chi connectivity index (χ0v) is 13.8. The molecule has 2 aromatic carbocycles. The van der Waals surface area contributed by atoms with E-state index in [-0.39, 0.29) is 11.8 Å². The van der Waals surface area contributed by atoms with Crippen molar-refractivity contribution < 1.29 is 4.74 Å².